The Balaban J connectivity index is 1.95. The highest BCUT2D eigenvalue weighted by atomic mass is 17.2. The predicted octanol–water partition coefficient (Wildman–Crippen LogP) is 2.10. The van der Waals surface area contributed by atoms with Gasteiger partial charge in [-0.25, -0.2) is 9.78 Å². The van der Waals surface area contributed by atoms with Crippen LogP contribution in [0.25, 0.3) is 0 Å². The summed E-state index contributed by atoms with van der Waals surface area (Å²) in [5, 5.41) is 0. The van der Waals surface area contributed by atoms with Crippen molar-refractivity contribution in [1.82, 2.24) is 0 Å². The van der Waals surface area contributed by atoms with E-state index < -0.39 is 5.60 Å². The number of hydrogen-bond donors (Lipinski definition) is 0. The summed E-state index contributed by atoms with van der Waals surface area (Å²) in [6.07, 6.45) is 3.63. The Labute approximate surface area is 90.1 Å². The largest absolute Gasteiger partial charge is 0.296 e. The molecular formula is C12H18O3. The van der Waals surface area contributed by atoms with Crippen molar-refractivity contribution in [3.05, 3.63) is 0 Å². The summed E-state index contributed by atoms with van der Waals surface area (Å²) in [6.45, 7) is 5.15. The molecule has 1 aliphatic heterocycles. The molecule has 3 atom stereocenters. The van der Waals surface area contributed by atoms with Gasteiger partial charge in [-0.3, -0.25) is 4.79 Å². The molecule has 15 heavy (non-hydrogen) atoms. The van der Waals surface area contributed by atoms with E-state index in [1.54, 1.807) is 0 Å². The molecule has 4 fully saturated rings. The Hall–Kier alpha value is -0.410. The van der Waals surface area contributed by atoms with E-state index in [9.17, 15) is 4.79 Å². The summed E-state index contributed by atoms with van der Waals surface area (Å²) >= 11 is 0. The highest BCUT2D eigenvalue weighted by molar-refractivity contribution is 5.90. The molecule has 0 aromatic rings. The quantitative estimate of drug-likeness (QED) is 0.574. The van der Waals surface area contributed by atoms with Crippen molar-refractivity contribution in [2.75, 3.05) is 6.61 Å². The number of fused-ring (bicyclic) bond motifs is 1. The average molecular weight is 210 g/mol. The molecule has 1 saturated heterocycles. The molecule has 1 spiro atoms. The Bertz CT molecular complexity index is 302. The lowest BCUT2D eigenvalue weighted by molar-refractivity contribution is -0.404. The SMILES string of the molecule is CC1(C)[C@H]2CC(=O)C3(CCCOO3)[C@@H]1C2. The summed E-state index contributed by atoms with van der Waals surface area (Å²) in [4.78, 5) is 22.7. The van der Waals surface area contributed by atoms with Gasteiger partial charge in [0, 0.05) is 12.3 Å². The molecule has 0 aromatic carbocycles. The first kappa shape index (κ1) is 9.79. The van der Waals surface area contributed by atoms with Crippen LogP contribution in [0.5, 0.6) is 0 Å². The van der Waals surface area contributed by atoms with Crippen LogP contribution in [0.3, 0.4) is 0 Å². The zero-order chi connectivity index (χ0) is 10.7. The minimum absolute atomic E-state index is 0.259. The second-order valence-electron chi connectivity index (χ2n) is 5.83. The molecule has 0 N–H and O–H groups in total. The second-order valence-corrected chi connectivity index (χ2v) is 5.83. The third kappa shape index (κ3) is 1.06. The van der Waals surface area contributed by atoms with Gasteiger partial charge in [-0.2, -0.15) is 0 Å². The molecule has 2 bridgehead atoms. The van der Waals surface area contributed by atoms with E-state index in [0.717, 1.165) is 19.3 Å². The van der Waals surface area contributed by atoms with Crippen molar-refractivity contribution < 1.29 is 14.6 Å². The molecular weight excluding hydrogens is 192 g/mol. The summed E-state index contributed by atoms with van der Waals surface area (Å²) in [5.41, 5.74) is -0.328. The molecule has 84 valence electrons. The lowest BCUT2D eigenvalue weighted by Gasteiger charge is -2.63. The maximum Gasteiger partial charge on any atom is 0.168 e. The minimum atomic E-state index is -0.587. The number of carbonyl (C=O) groups is 1. The van der Waals surface area contributed by atoms with Crippen LogP contribution >= 0.6 is 0 Å². The van der Waals surface area contributed by atoms with Crippen LogP contribution in [0, 0.1) is 17.3 Å². The number of hydrogen-bond acceptors (Lipinski definition) is 3. The van der Waals surface area contributed by atoms with E-state index in [0.29, 0.717) is 24.9 Å². The van der Waals surface area contributed by atoms with Crippen molar-refractivity contribution in [2.24, 2.45) is 17.3 Å². The number of ketones is 1. The third-order valence-electron chi connectivity index (χ3n) is 4.92. The zero-order valence-corrected chi connectivity index (χ0v) is 9.41. The summed E-state index contributed by atoms with van der Waals surface area (Å²) in [5.74, 6) is 1.23. The Morgan fingerprint density at radius 3 is 2.80 bits per heavy atom. The fourth-order valence-corrected chi connectivity index (χ4v) is 3.74. The first-order chi connectivity index (χ1) is 7.07. The number of Topliss-reactive ketones (excluding diaryl/α,β-unsaturated/α-hetero) is 1. The van der Waals surface area contributed by atoms with Crippen LogP contribution in [0.2, 0.25) is 0 Å². The first-order valence-electron chi connectivity index (χ1n) is 5.91. The molecule has 0 aromatic heterocycles. The molecule has 3 aliphatic carbocycles. The summed E-state index contributed by atoms with van der Waals surface area (Å²) < 4.78 is 0. The maximum absolute atomic E-state index is 12.1. The van der Waals surface area contributed by atoms with E-state index in [-0.39, 0.29) is 11.2 Å². The fraction of sp³-hybridized carbons (Fsp3) is 0.917. The van der Waals surface area contributed by atoms with Gasteiger partial charge in [0.2, 0.25) is 0 Å². The van der Waals surface area contributed by atoms with Gasteiger partial charge in [0.05, 0.1) is 6.61 Å². The van der Waals surface area contributed by atoms with Crippen LogP contribution < -0.4 is 0 Å². The summed E-state index contributed by atoms with van der Waals surface area (Å²) in [7, 11) is 0. The second kappa shape index (κ2) is 2.83. The third-order valence-corrected chi connectivity index (χ3v) is 4.92. The maximum atomic E-state index is 12.1. The van der Waals surface area contributed by atoms with E-state index in [4.69, 9.17) is 9.78 Å². The van der Waals surface area contributed by atoms with E-state index in [1.807, 2.05) is 0 Å². The minimum Gasteiger partial charge on any atom is -0.296 e. The van der Waals surface area contributed by atoms with Crippen LogP contribution in [0.15, 0.2) is 0 Å². The monoisotopic (exact) mass is 210 g/mol. The van der Waals surface area contributed by atoms with Gasteiger partial charge in [-0.05, 0) is 30.6 Å². The van der Waals surface area contributed by atoms with Gasteiger partial charge in [0.1, 0.15) is 0 Å². The van der Waals surface area contributed by atoms with E-state index >= 15 is 0 Å². The van der Waals surface area contributed by atoms with Crippen LogP contribution in [-0.4, -0.2) is 18.0 Å². The van der Waals surface area contributed by atoms with Gasteiger partial charge in [-0.1, -0.05) is 13.8 Å². The lowest BCUT2D eigenvalue weighted by atomic mass is 9.43. The van der Waals surface area contributed by atoms with Crippen LogP contribution in [-0.2, 0) is 14.6 Å². The van der Waals surface area contributed by atoms with E-state index in [1.165, 1.54) is 0 Å². The molecule has 1 heterocycles. The van der Waals surface area contributed by atoms with Crippen molar-refractivity contribution in [2.45, 2.75) is 45.1 Å². The topological polar surface area (TPSA) is 35.5 Å². The molecule has 0 radical (unpaired) electrons. The predicted molar refractivity (Wildman–Crippen MR) is 54.0 cm³/mol. The van der Waals surface area contributed by atoms with Crippen molar-refractivity contribution in [3.8, 4) is 0 Å². The molecule has 4 aliphatic rings. The van der Waals surface area contributed by atoms with Gasteiger partial charge in [-0.15, -0.1) is 0 Å². The van der Waals surface area contributed by atoms with Gasteiger partial charge < -0.3 is 0 Å². The number of rotatable bonds is 0. The van der Waals surface area contributed by atoms with Crippen LogP contribution in [0.4, 0.5) is 0 Å². The Kier molecular flexibility index (Phi) is 1.85. The Morgan fingerprint density at radius 2 is 2.20 bits per heavy atom. The number of carbonyl (C=O) groups excluding carboxylic acids is 1. The standard InChI is InChI=1S/C12H18O3/c1-11(2)8-6-9(11)12(10(13)7-8)4-3-5-14-15-12/h8-9H,3-7H2,1-2H3/t8-,9-,12?/m1/s1. The highest BCUT2D eigenvalue weighted by Gasteiger charge is 2.67. The smallest absolute Gasteiger partial charge is 0.168 e. The van der Waals surface area contributed by atoms with Gasteiger partial charge in [0.25, 0.3) is 0 Å². The zero-order valence-electron chi connectivity index (χ0n) is 9.41. The fourth-order valence-electron chi connectivity index (χ4n) is 3.74. The van der Waals surface area contributed by atoms with Crippen molar-refractivity contribution >= 4 is 5.78 Å². The lowest BCUT2D eigenvalue weighted by Crippen LogP contribution is -2.67. The van der Waals surface area contributed by atoms with E-state index in [2.05, 4.69) is 13.8 Å². The first-order valence-corrected chi connectivity index (χ1v) is 5.91. The molecule has 3 saturated carbocycles. The molecule has 3 nitrogen and oxygen atoms in total. The molecule has 1 unspecified atom stereocenters. The Morgan fingerprint density at radius 1 is 1.40 bits per heavy atom. The summed E-state index contributed by atoms with van der Waals surface area (Å²) in [6, 6.07) is 0. The van der Waals surface area contributed by atoms with Crippen molar-refractivity contribution in [3.63, 3.8) is 0 Å². The molecule has 3 heteroatoms. The van der Waals surface area contributed by atoms with Crippen molar-refractivity contribution in [1.29, 1.82) is 0 Å². The van der Waals surface area contributed by atoms with Gasteiger partial charge in [0.15, 0.2) is 11.4 Å². The normalized spacial score (nSPS) is 47.7. The van der Waals surface area contributed by atoms with Crippen LogP contribution in [0.1, 0.15) is 39.5 Å². The molecule has 4 rings (SSSR count). The average Bonchev–Trinajstić information content (AvgIpc) is 2.23. The highest BCUT2D eigenvalue weighted by Crippen LogP contribution is 2.64. The molecule has 0 amide bonds. The van der Waals surface area contributed by atoms with Gasteiger partial charge >= 0.3 is 0 Å².